The van der Waals surface area contributed by atoms with Crippen LogP contribution in [0.2, 0.25) is 0 Å². The van der Waals surface area contributed by atoms with Crippen LogP contribution in [0.1, 0.15) is 29.8 Å². The molecule has 1 atom stereocenters. The molecule has 1 saturated heterocycles. The van der Waals surface area contributed by atoms with Gasteiger partial charge < -0.3 is 10.2 Å². The van der Waals surface area contributed by atoms with E-state index in [1.54, 1.807) is 7.05 Å². The monoisotopic (exact) mass is 258 g/mol. The number of nitriles is 1. The highest BCUT2D eigenvalue weighted by atomic mass is 16.2. The molecule has 2 rings (SSSR count). The molecule has 0 aliphatic carbocycles. The van der Waals surface area contributed by atoms with Crippen LogP contribution in [0.4, 0.5) is 5.69 Å². The lowest BCUT2D eigenvalue weighted by Crippen LogP contribution is -2.42. The smallest absolute Gasteiger partial charge is 0.242 e. The van der Waals surface area contributed by atoms with Crippen LogP contribution >= 0.6 is 0 Å². The van der Waals surface area contributed by atoms with Gasteiger partial charge in [0.25, 0.3) is 0 Å². The maximum atomic E-state index is 11.9. The molecule has 1 unspecified atom stereocenters. The Morgan fingerprint density at radius 3 is 2.95 bits per heavy atom. The molecule has 1 N–H and O–H groups in total. The molecule has 5 nitrogen and oxygen atoms in total. The Morgan fingerprint density at radius 2 is 2.32 bits per heavy atom. The summed E-state index contributed by atoms with van der Waals surface area (Å²) in [7, 11) is 1.65. The number of anilines is 1. The predicted octanol–water partition coefficient (Wildman–Crippen LogP) is 1.28. The van der Waals surface area contributed by atoms with E-state index in [-0.39, 0.29) is 11.9 Å². The Bertz CT molecular complexity index is 547. The molecule has 1 fully saturated rings. The van der Waals surface area contributed by atoms with Crippen LogP contribution in [0.5, 0.6) is 0 Å². The molecule has 1 aliphatic heterocycles. The van der Waals surface area contributed by atoms with Crippen molar-refractivity contribution in [1.82, 2.24) is 10.3 Å². The molecule has 1 amide bonds. The third-order valence-corrected chi connectivity index (χ3v) is 3.53. The molecule has 2 heterocycles. The predicted molar refractivity (Wildman–Crippen MR) is 72.9 cm³/mol. The van der Waals surface area contributed by atoms with Crippen molar-refractivity contribution in [3.05, 3.63) is 23.0 Å². The molecule has 1 aliphatic rings. The first kappa shape index (κ1) is 13.3. The Balaban J connectivity index is 2.46. The molecule has 0 bridgehead atoms. The zero-order chi connectivity index (χ0) is 14.0. The van der Waals surface area contributed by atoms with Crippen molar-refractivity contribution >= 4 is 11.6 Å². The van der Waals surface area contributed by atoms with Gasteiger partial charge in [0.05, 0.1) is 16.9 Å². The van der Waals surface area contributed by atoms with Gasteiger partial charge in [-0.15, -0.1) is 0 Å². The minimum Gasteiger partial charge on any atom is -0.358 e. The van der Waals surface area contributed by atoms with E-state index in [2.05, 4.69) is 16.4 Å². The Kier molecular flexibility index (Phi) is 3.70. The lowest BCUT2D eigenvalue weighted by atomic mass is 10.1. The quantitative estimate of drug-likeness (QED) is 0.867. The SMILES string of the molecule is CNC(=O)C1CCCN1c1cc(C)nc(C)c1C#N. The number of rotatable bonds is 2. The van der Waals surface area contributed by atoms with Crippen LogP contribution in [-0.2, 0) is 4.79 Å². The summed E-state index contributed by atoms with van der Waals surface area (Å²) in [5, 5.41) is 12.0. The molecular weight excluding hydrogens is 240 g/mol. The van der Waals surface area contributed by atoms with Gasteiger partial charge in [-0.05, 0) is 32.8 Å². The summed E-state index contributed by atoms with van der Waals surface area (Å²) in [6.45, 7) is 4.54. The third kappa shape index (κ3) is 2.39. The summed E-state index contributed by atoms with van der Waals surface area (Å²) in [4.78, 5) is 18.3. The number of nitrogens with zero attached hydrogens (tertiary/aromatic N) is 3. The van der Waals surface area contributed by atoms with Crippen LogP contribution in [0, 0.1) is 25.2 Å². The van der Waals surface area contributed by atoms with E-state index in [0.29, 0.717) is 5.56 Å². The lowest BCUT2D eigenvalue weighted by Gasteiger charge is -2.27. The van der Waals surface area contributed by atoms with E-state index >= 15 is 0 Å². The fourth-order valence-corrected chi connectivity index (χ4v) is 2.67. The highest BCUT2D eigenvalue weighted by Gasteiger charge is 2.32. The molecule has 0 radical (unpaired) electrons. The summed E-state index contributed by atoms with van der Waals surface area (Å²) in [5.74, 6) is 0.00788. The van der Waals surface area contributed by atoms with Gasteiger partial charge in [-0.25, -0.2) is 0 Å². The van der Waals surface area contributed by atoms with E-state index < -0.39 is 0 Å². The van der Waals surface area contributed by atoms with Crippen molar-refractivity contribution in [1.29, 1.82) is 5.26 Å². The van der Waals surface area contributed by atoms with E-state index in [1.807, 2.05) is 24.8 Å². The fraction of sp³-hybridized carbons (Fsp3) is 0.500. The number of carbonyl (C=O) groups excluding carboxylic acids is 1. The summed E-state index contributed by atoms with van der Waals surface area (Å²) in [6, 6.07) is 3.92. The topological polar surface area (TPSA) is 69.0 Å². The third-order valence-electron chi connectivity index (χ3n) is 3.53. The molecular formula is C14H18N4O. The minimum atomic E-state index is -0.182. The van der Waals surface area contributed by atoms with Crippen molar-refractivity contribution in [2.45, 2.75) is 32.7 Å². The van der Waals surface area contributed by atoms with Crippen LogP contribution in [-0.4, -0.2) is 30.5 Å². The molecule has 1 aromatic heterocycles. The molecule has 1 aromatic rings. The second-order valence-electron chi connectivity index (χ2n) is 4.82. The summed E-state index contributed by atoms with van der Waals surface area (Å²) in [6.07, 6.45) is 1.79. The first-order valence-electron chi connectivity index (χ1n) is 6.45. The number of likely N-dealkylation sites (N-methyl/N-ethyl adjacent to an activating group) is 1. The number of aryl methyl sites for hydroxylation is 2. The normalized spacial score (nSPS) is 18.2. The number of pyridine rings is 1. The Morgan fingerprint density at radius 1 is 1.58 bits per heavy atom. The van der Waals surface area contributed by atoms with Crippen molar-refractivity contribution < 1.29 is 4.79 Å². The van der Waals surface area contributed by atoms with Gasteiger partial charge in [0.15, 0.2) is 0 Å². The number of hydrogen-bond donors (Lipinski definition) is 1. The average Bonchev–Trinajstić information content (AvgIpc) is 2.86. The lowest BCUT2D eigenvalue weighted by molar-refractivity contribution is -0.121. The first-order valence-corrected chi connectivity index (χ1v) is 6.45. The molecule has 0 spiro atoms. The number of nitrogens with one attached hydrogen (secondary N) is 1. The van der Waals surface area contributed by atoms with Gasteiger partial charge in [-0.2, -0.15) is 5.26 Å². The summed E-state index contributed by atoms with van der Waals surface area (Å²) >= 11 is 0. The molecule has 0 aromatic carbocycles. The molecule has 5 heteroatoms. The standard InChI is InChI=1S/C14H18N4O/c1-9-7-13(11(8-15)10(2)17-9)18-6-4-5-12(18)14(19)16-3/h7,12H,4-6H2,1-3H3,(H,16,19). The van der Waals surface area contributed by atoms with Crippen LogP contribution in [0.15, 0.2) is 6.07 Å². The zero-order valence-electron chi connectivity index (χ0n) is 11.5. The van der Waals surface area contributed by atoms with Gasteiger partial charge in [-0.3, -0.25) is 9.78 Å². The number of aromatic nitrogens is 1. The first-order chi connectivity index (χ1) is 9.08. The van der Waals surface area contributed by atoms with Crippen LogP contribution in [0.25, 0.3) is 0 Å². The largest absolute Gasteiger partial charge is 0.358 e. The van der Waals surface area contributed by atoms with Gasteiger partial charge in [0, 0.05) is 19.3 Å². The van der Waals surface area contributed by atoms with E-state index in [0.717, 1.165) is 36.5 Å². The average molecular weight is 258 g/mol. The Labute approximate surface area is 113 Å². The van der Waals surface area contributed by atoms with E-state index in [9.17, 15) is 10.1 Å². The second-order valence-corrected chi connectivity index (χ2v) is 4.82. The van der Waals surface area contributed by atoms with Gasteiger partial charge in [-0.1, -0.05) is 0 Å². The maximum absolute atomic E-state index is 11.9. The Hall–Kier alpha value is -2.09. The maximum Gasteiger partial charge on any atom is 0.242 e. The van der Waals surface area contributed by atoms with Crippen LogP contribution < -0.4 is 10.2 Å². The van der Waals surface area contributed by atoms with Gasteiger partial charge in [0.1, 0.15) is 12.1 Å². The summed E-state index contributed by atoms with van der Waals surface area (Å²) in [5.41, 5.74) is 2.99. The highest BCUT2D eigenvalue weighted by molar-refractivity contribution is 5.86. The number of hydrogen-bond acceptors (Lipinski definition) is 4. The second kappa shape index (κ2) is 5.27. The molecule has 100 valence electrons. The highest BCUT2D eigenvalue weighted by Crippen LogP contribution is 2.30. The molecule has 19 heavy (non-hydrogen) atoms. The van der Waals surface area contributed by atoms with E-state index in [4.69, 9.17) is 0 Å². The molecule has 0 saturated carbocycles. The van der Waals surface area contributed by atoms with Gasteiger partial charge >= 0.3 is 0 Å². The van der Waals surface area contributed by atoms with E-state index in [1.165, 1.54) is 0 Å². The van der Waals surface area contributed by atoms with Crippen molar-refractivity contribution in [2.24, 2.45) is 0 Å². The van der Waals surface area contributed by atoms with Gasteiger partial charge in [0.2, 0.25) is 5.91 Å². The van der Waals surface area contributed by atoms with Crippen LogP contribution in [0.3, 0.4) is 0 Å². The summed E-state index contributed by atoms with van der Waals surface area (Å²) < 4.78 is 0. The zero-order valence-corrected chi connectivity index (χ0v) is 11.5. The van der Waals surface area contributed by atoms with Crippen molar-refractivity contribution in [3.8, 4) is 6.07 Å². The van der Waals surface area contributed by atoms with Crippen molar-refractivity contribution in [3.63, 3.8) is 0 Å². The minimum absolute atomic E-state index is 0.00788. The van der Waals surface area contributed by atoms with Crippen molar-refractivity contribution in [2.75, 3.05) is 18.5 Å². The fourth-order valence-electron chi connectivity index (χ4n) is 2.67. The number of carbonyl (C=O) groups is 1. The number of amides is 1.